The van der Waals surface area contributed by atoms with Crippen LogP contribution in [-0.4, -0.2) is 15.9 Å². The van der Waals surface area contributed by atoms with E-state index in [9.17, 15) is 9.18 Å². The van der Waals surface area contributed by atoms with E-state index in [0.29, 0.717) is 12.1 Å². The third kappa shape index (κ3) is 4.12. The van der Waals surface area contributed by atoms with E-state index < -0.39 is 0 Å². The molecule has 25 heavy (non-hydrogen) atoms. The normalized spacial score (nSPS) is 11.9. The molecule has 3 aromatic rings. The quantitative estimate of drug-likeness (QED) is 0.721. The summed E-state index contributed by atoms with van der Waals surface area (Å²) in [4.78, 5) is 19.6. The Morgan fingerprint density at radius 3 is 2.56 bits per heavy atom. The van der Waals surface area contributed by atoms with Crippen LogP contribution in [0.4, 0.5) is 4.39 Å². The topological polar surface area (TPSA) is 57.8 Å². The van der Waals surface area contributed by atoms with Gasteiger partial charge in [-0.05, 0) is 24.1 Å². The summed E-state index contributed by atoms with van der Waals surface area (Å²) in [6.07, 6.45) is 1.78. The highest BCUT2D eigenvalue weighted by molar-refractivity contribution is 5.77. The van der Waals surface area contributed by atoms with Crippen molar-refractivity contribution >= 4 is 5.91 Å². The van der Waals surface area contributed by atoms with Crippen LogP contribution in [0.15, 0.2) is 60.9 Å². The van der Waals surface area contributed by atoms with E-state index >= 15 is 0 Å². The van der Waals surface area contributed by atoms with Crippen molar-refractivity contribution in [2.45, 2.75) is 25.8 Å². The molecule has 0 radical (unpaired) electrons. The monoisotopic (exact) mass is 337 g/mol. The highest BCUT2D eigenvalue weighted by Crippen LogP contribution is 2.29. The summed E-state index contributed by atoms with van der Waals surface area (Å²) in [6.45, 7) is 2.26. The first-order valence-corrected chi connectivity index (χ1v) is 8.20. The average Bonchev–Trinajstić information content (AvgIpc) is 3.04. The SMILES string of the molecule is Cc1[nH]cnc1CNC(=O)CC(c1ccccc1)c1ccccc1F. The molecule has 0 aliphatic rings. The van der Waals surface area contributed by atoms with E-state index in [1.807, 2.05) is 37.3 Å². The summed E-state index contributed by atoms with van der Waals surface area (Å²) < 4.78 is 14.3. The summed E-state index contributed by atoms with van der Waals surface area (Å²) in [5, 5.41) is 2.87. The van der Waals surface area contributed by atoms with Crippen molar-refractivity contribution in [3.63, 3.8) is 0 Å². The van der Waals surface area contributed by atoms with E-state index in [2.05, 4.69) is 15.3 Å². The lowest BCUT2D eigenvalue weighted by molar-refractivity contribution is -0.121. The van der Waals surface area contributed by atoms with E-state index in [0.717, 1.165) is 17.0 Å². The molecule has 4 nitrogen and oxygen atoms in total. The van der Waals surface area contributed by atoms with E-state index in [1.54, 1.807) is 24.5 Å². The predicted octanol–water partition coefficient (Wildman–Crippen LogP) is 3.70. The Morgan fingerprint density at radius 1 is 1.16 bits per heavy atom. The van der Waals surface area contributed by atoms with Gasteiger partial charge in [-0.15, -0.1) is 0 Å². The summed E-state index contributed by atoms with van der Waals surface area (Å²) in [7, 11) is 0. The molecule has 1 aromatic heterocycles. The molecule has 0 spiro atoms. The van der Waals surface area contributed by atoms with Crippen LogP contribution in [0.25, 0.3) is 0 Å². The number of H-pyrrole nitrogens is 1. The number of imidazole rings is 1. The molecule has 0 aliphatic heterocycles. The molecule has 1 heterocycles. The molecule has 1 atom stereocenters. The molecule has 5 heteroatoms. The number of hydrogen-bond acceptors (Lipinski definition) is 2. The molecule has 3 rings (SSSR count). The van der Waals surface area contributed by atoms with Crippen molar-refractivity contribution < 1.29 is 9.18 Å². The molecule has 0 aliphatic carbocycles. The summed E-state index contributed by atoms with van der Waals surface area (Å²) in [5.74, 6) is -0.769. The van der Waals surface area contributed by atoms with Crippen molar-refractivity contribution in [3.05, 3.63) is 89.3 Å². The standard InChI is InChI=1S/C20H20FN3O/c1-14-19(24-13-23-14)12-22-20(25)11-17(15-7-3-2-4-8-15)16-9-5-6-10-18(16)21/h2-10,13,17H,11-12H2,1H3,(H,22,25)(H,23,24). The second kappa shape index (κ2) is 7.75. The maximum Gasteiger partial charge on any atom is 0.221 e. The fourth-order valence-corrected chi connectivity index (χ4v) is 2.86. The second-order valence-corrected chi connectivity index (χ2v) is 5.94. The molecule has 128 valence electrons. The van der Waals surface area contributed by atoms with Gasteiger partial charge >= 0.3 is 0 Å². The van der Waals surface area contributed by atoms with E-state index in [4.69, 9.17) is 0 Å². The lowest BCUT2D eigenvalue weighted by atomic mass is 9.88. The second-order valence-electron chi connectivity index (χ2n) is 5.94. The summed E-state index contributed by atoms with van der Waals surface area (Å²) in [6, 6.07) is 16.1. The van der Waals surface area contributed by atoms with Crippen LogP contribution in [0.2, 0.25) is 0 Å². The van der Waals surface area contributed by atoms with Crippen molar-refractivity contribution in [3.8, 4) is 0 Å². The number of aromatic amines is 1. The maximum absolute atomic E-state index is 14.3. The molecule has 2 N–H and O–H groups in total. The number of aryl methyl sites for hydroxylation is 1. The maximum atomic E-state index is 14.3. The Hall–Kier alpha value is -2.95. The summed E-state index contributed by atoms with van der Waals surface area (Å²) in [5.41, 5.74) is 3.17. The Labute approximate surface area is 146 Å². The Balaban J connectivity index is 1.77. The Bertz CT molecular complexity index is 845. The van der Waals surface area contributed by atoms with E-state index in [1.165, 1.54) is 6.07 Å². The minimum atomic E-state index is -0.331. The first-order valence-electron chi connectivity index (χ1n) is 8.20. The Kier molecular flexibility index (Phi) is 5.23. The van der Waals surface area contributed by atoms with Crippen LogP contribution >= 0.6 is 0 Å². The third-order valence-electron chi connectivity index (χ3n) is 4.26. The minimum Gasteiger partial charge on any atom is -0.350 e. The van der Waals surface area contributed by atoms with Gasteiger partial charge in [0.25, 0.3) is 0 Å². The van der Waals surface area contributed by atoms with Gasteiger partial charge in [0, 0.05) is 18.0 Å². The van der Waals surface area contributed by atoms with Crippen molar-refractivity contribution in [1.82, 2.24) is 15.3 Å². The average molecular weight is 337 g/mol. The largest absolute Gasteiger partial charge is 0.350 e. The lowest BCUT2D eigenvalue weighted by Crippen LogP contribution is -2.25. The van der Waals surface area contributed by atoms with Gasteiger partial charge in [-0.1, -0.05) is 48.5 Å². The summed E-state index contributed by atoms with van der Waals surface area (Å²) >= 11 is 0. The molecule has 0 saturated heterocycles. The highest BCUT2D eigenvalue weighted by Gasteiger charge is 2.21. The van der Waals surface area contributed by atoms with Crippen LogP contribution in [-0.2, 0) is 11.3 Å². The van der Waals surface area contributed by atoms with Gasteiger partial charge in [0.1, 0.15) is 5.82 Å². The molecular formula is C20H20FN3O. The number of halogens is 1. The zero-order chi connectivity index (χ0) is 17.6. The molecule has 1 amide bonds. The number of benzene rings is 2. The van der Waals surface area contributed by atoms with Gasteiger partial charge in [0.15, 0.2) is 0 Å². The highest BCUT2D eigenvalue weighted by atomic mass is 19.1. The molecule has 0 bridgehead atoms. The van der Waals surface area contributed by atoms with Gasteiger partial charge in [-0.2, -0.15) is 0 Å². The number of nitrogens with one attached hydrogen (secondary N) is 2. The van der Waals surface area contributed by atoms with E-state index in [-0.39, 0.29) is 24.1 Å². The number of nitrogens with zero attached hydrogens (tertiary/aromatic N) is 1. The third-order valence-corrected chi connectivity index (χ3v) is 4.26. The number of amides is 1. The van der Waals surface area contributed by atoms with Crippen LogP contribution < -0.4 is 5.32 Å². The molecule has 2 aromatic carbocycles. The number of hydrogen-bond donors (Lipinski definition) is 2. The first kappa shape index (κ1) is 16.9. The van der Waals surface area contributed by atoms with Gasteiger partial charge in [0.2, 0.25) is 5.91 Å². The number of rotatable bonds is 6. The van der Waals surface area contributed by atoms with Crippen molar-refractivity contribution in [1.29, 1.82) is 0 Å². The van der Waals surface area contributed by atoms with Crippen LogP contribution in [0.1, 0.15) is 34.9 Å². The molecule has 1 unspecified atom stereocenters. The van der Waals surface area contributed by atoms with Gasteiger partial charge in [0.05, 0.1) is 18.6 Å². The first-order chi connectivity index (χ1) is 12.1. The van der Waals surface area contributed by atoms with Crippen LogP contribution in [0.3, 0.4) is 0 Å². The molecular weight excluding hydrogens is 317 g/mol. The van der Waals surface area contributed by atoms with Gasteiger partial charge in [-0.3, -0.25) is 4.79 Å². The predicted molar refractivity (Wildman–Crippen MR) is 94.5 cm³/mol. The minimum absolute atomic E-state index is 0.139. The van der Waals surface area contributed by atoms with Crippen LogP contribution in [0.5, 0.6) is 0 Å². The number of carbonyl (C=O) groups excluding carboxylic acids is 1. The molecule has 0 fully saturated rings. The molecule has 0 saturated carbocycles. The zero-order valence-corrected chi connectivity index (χ0v) is 14.0. The lowest BCUT2D eigenvalue weighted by Gasteiger charge is -2.18. The fourth-order valence-electron chi connectivity index (χ4n) is 2.86. The van der Waals surface area contributed by atoms with Crippen molar-refractivity contribution in [2.24, 2.45) is 0 Å². The zero-order valence-electron chi connectivity index (χ0n) is 14.0. The van der Waals surface area contributed by atoms with Gasteiger partial charge in [-0.25, -0.2) is 9.37 Å². The van der Waals surface area contributed by atoms with Crippen LogP contribution in [0, 0.1) is 12.7 Å². The number of aromatic nitrogens is 2. The van der Waals surface area contributed by atoms with Gasteiger partial charge < -0.3 is 10.3 Å². The fraction of sp³-hybridized carbons (Fsp3) is 0.200. The Morgan fingerprint density at radius 2 is 1.88 bits per heavy atom. The number of carbonyl (C=O) groups is 1. The smallest absolute Gasteiger partial charge is 0.221 e. The van der Waals surface area contributed by atoms with Crippen molar-refractivity contribution in [2.75, 3.05) is 0 Å².